The molecule has 5 heteroatoms. The number of aromatic nitrogens is 1. The third-order valence-electron chi connectivity index (χ3n) is 3.31. The molecule has 2 aromatic rings. The predicted molar refractivity (Wildman–Crippen MR) is 95.3 cm³/mol. The summed E-state index contributed by atoms with van der Waals surface area (Å²) in [5.41, 5.74) is -0.312. The minimum atomic E-state index is -0.798. The van der Waals surface area contributed by atoms with Gasteiger partial charge >= 0.3 is 0 Å². The Hall–Kier alpha value is -2.19. The molecule has 1 amide bonds. The summed E-state index contributed by atoms with van der Waals surface area (Å²) in [4.78, 5) is 16.0. The number of pyridine rings is 1. The van der Waals surface area contributed by atoms with Crippen LogP contribution in [0.2, 0.25) is 0 Å². The molecule has 0 bridgehead atoms. The minimum absolute atomic E-state index is 0.149. The summed E-state index contributed by atoms with van der Waals surface area (Å²) in [5.74, 6) is 6.27. The van der Waals surface area contributed by atoms with Crippen molar-refractivity contribution in [3.8, 4) is 17.7 Å². The van der Waals surface area contributed by atoms with Crippen LogP contribution in [0, 0.1) is 11.8 Å². The second kappa shape index (κ2) is 7.38. The fraction of sp³-hybridized carbons (Fsp3) is 0.333. The first-order chi connectivity index (χ1) is 11.0. The summed E-state index contributed by atoms with van der Waals surface area (Å²) in [6, 6.07) is 11.7. The Balaban J connectivity index is 2.31. The van der Waals surface area contributed by atoms with E-state index < -0.39 is 5.54 Å². The van der Waals surface area contributed by atoms with Crippen LogP contribution in [0.15, 0.2) is 36.4 Å². The molecule has 0 radical (unpaired) electrons. The summed E-state index contributed by atoms with van der Waals surface area (Å²) >= 11 is 1.48. The maximum Gasteiger partial charge on any atom is 0.218 e. The molecule has 0 saturated carbocycles. The van der Waals surface area contributed by atoms with Crippen LogP contribution in [0.1, 0.15) is 20.8 Å². The van der Waals surface area contributed by atoms with Crippen molar-refractivity contribution in [3.63, 3.8) is 0 Å². The maximum atomic E-state index is 11.5. The van der Waals surface area contributed by atoms with Gasteiger partial charge in [-0.1, -0.05) is 24.1 Å². The number of amides is 1. The molecular formula is C18H20N2O2S. The van der Waals surface area contributed by atoms with E-state index in [1.807, 2.05) is 49.6 Å². The van der Waals surface area contributed by atoms with E-state index in [4.69, 9.17) is 4.74 Å². The number of ether oxygens (including phenoxy) is 1. The van der Waals surface area contributed by atoms with Crippen molar-refractivity contribution in [1.29, 1.82) is 0 Å². The smallest absolute Gasteiger partial charge is 0.218 e. The highest BCUT2D eigenvalue weighted by atomic mass is 32.2. The van der Waals surface area contributed by atoms with Crippen LogP contribution in [0.4, 0.5) is 0 Å². The highest BCUT2D eigenvalue weighted by Gasteiger charge is 2.35. The van der Waals surface area contributed by atoms with Crippen molar-refractivity contribution < 1.29 is 9.53 Å². The Morgan fingerprint density at radius 1 is 1.35 bits per heavy atom. The number of nitrogens with one attached hydrogen (secondary N) is 1. The van der Waals surface area contributed by atoms with Crippen molar-refractivity contribution >= 4 is 28.6 Å². The molecule has 1 heterocycles. The molecule has 0 fully saturated rings. The van der Waals surface area contributed by atoms with Crippen LogP contribution < -0.4 is 10.1 Å². The number of fused-ring (bicyclic) bond motifs is 1. The van der Waals surface area contributed by atoms with E-state index in [-0.39, 0.29) is 11.3 Å². The first-order valence-corrected chi connectivity index (χ1v) is 8.55. The van der Waals surface area contributed by atoms with Crippen LogP contribution in [-0.4, -0.2) is 28.1 Å². The average molecular weight is 328 g/mol. The Bertz CT molecular complexity index is 766. The van der Waals surface area contributed by atoms with Gasteiger partial charge in [-0.3, -0.25) is 4.79 Å². The highest BCUT2D eigenvalue weighted by Crippen LogP contribution is 2.26. The number of hydrogen-bond donors (Lipinski definition) is 1. The summed E-state index contributed by atoms with van der Waals surface area (Å²) in [6.45, 7) is 5.07. The van der Waals surface area contributed by atoms with Crippen molar-refractivity contribution in [2.45, 2.75) is 31.7 Å². The fourth-order valence-electron chi connectivity index (χ4n) is 2.40. The molecule has 2 atom stereocenters. The van der Waals surface area contributed by atoms with Gasteiger partial charge in [0.15, 0.2) is 5.44 Å². The topological polar surface area (TPSA) is 51.2 Å². The average Bonchev–Trinajstić information content (AvgIpc) is 2.51. The van der Waals surface area contributed by atoms with E-state index >= 15 is 0 Å². The SMILES string of the molecule is CC#CC(C)(NC(C)=O)C(Oc1ccc2ccccc2n1)SC. The van der Waals surface area contributed by atoms with Gasteiger partial charge in [0.25, 0.3) is 0 Å². The van der Waals surface area contributed by atoms with Gasteiger partial charge in [-0.05, 0) is 32.2 Å². The Kier molecular flexibility index (Phi) is 5.51. The molecule has 0 aliphatic heterocycles. The lowest BCUT2D eigenvalue weighted by molar-refractivity contribution is -0.120. The number of nitrogens with zero attached hydrogens (tertiary/aromatic N) is 1. The van der Waals surface area contributed by atoms with Crippen LogP contribution in [0.3, 0.4) is 0 Å². The lowest BCUT2D eigenvalue weighted by Gasteiger charge is -2.32. The Morgan fingerprint density at radius 3 is 2.74 bits per heavy atom. The zero-order chi connectivity index (χ0) is 16.9. The second-order valence-electron chi connectivity index (χ2n) is 5.29. The van der Waals surface area contributed by atoms with Crippen molar-refractivity contribution in [2.24, 2.45) is 0 Å². The standard InChI is InChI=1S/C18H20N2O2S/c1-5-12-18(3,20-13(2)21)17(23-4)22-16-11-10-14-8-6-7-9-15(14)19-16/h6-11,17H,1-4H3,(H,20,21). The number of para-hydroxylation sites is 1. The van der Waals surface area contributed by atoms with E-state index in [2.05, 4.69) is 22.1 Å². The summed E-state index contributed by atoms with van der Waals surface area (Å²) < 4.78 is 6.02. The van der Waals surface area contributed by atoms with Gasteiger partial charge in [0.05, 0.1) is 5.52 Å². The van der Waals surface area contributed by atoms with Crippen LogP contribution >= 0.6 is 11.8 Å². The van der Waals surface area contributed by atoms with Gasteiger partial charge in [-0.15, -0.1) is 17.7 Å². The molecule has 0 saturated heterocycles. The molecule has 0 spiro atoms. The molecule has 2 rings (SSSR count). The maximum absolute atomic E-state index is 11.5. The lowest BCUT2D eigenvalue weighted by Crippen LogP contribution is -2.53. The first kappa shape index (κ1) is 17.2. The number of benzene rings is 1. The largest absolute Gasteiger partial charge is 0.460 e. The number of thioether (sulfide) groups is 1. The van der Waals surface area contributed by atoms with Crippen LogP contribution in [-0.2, 0) is 4.79 Å². The van der Waals surface area contributed by atoms with Crippen molar-refractivity contribution in [1.82, 2.24) is 10.3 Å². The zero-order valence-electron chi connectivity index (χ0n) is 13.7. The number of carbonyl (C=O) groups is 1. The minimum Gasteiger partial charge on any atom is -0.460 e. The van der Waals surface area contributed by atoms with Crippen LogP contribution in [0.5, 0.6) is 5.88 Å². The highest BCUT2D eigenvalue weighted by molar-refractivity contribution is 7.99. The predicted octanol–water partition coefficient (Wildman–Crippen LogP) is 3.22. The van der Waals surface area contributed by atoms with Crippen molar-refractivity contribution in [2.75, 3.05) is 6.26 Å². The van der Waals surface area contributed by atoms with Gasteiger partial charge < -0.3 is 10.1 Å². The molecule has 120 valence electrons. The second-order valence-corrected chi connectivity index (χ2v) is 6.19. The summed E-state index contributed by atoms with van der Waals surface area (Å²) in [6.07, 6.45) is 1.92. The van der Waals surface area contributed by atoms with E-state index in [1.54, 1.807) is 6.92 Å². The summed E-state index contributed by atoms with van der Waals surface area (Å²) in [5, 5.41) is 3.93. The van der Waals surface area contributed by atoms with Gasteiger partial charge in [-0.2, -0.15) is 0 Å². The van der Waals surface area contributed by atoms with E-state index in [9.17, 15) is 4.79 Å². The third-order valence-corrected chi connectivity index (χ3v) is 4.30. The number of hydrogen-bond acceptors (Lipinski definition) is 4. The lowest BCUT2D eigenvalue weighted by atomic mass is 10.0. The van der Waals surface area contributed by atoms with E-state index in [1.165, 1.54) is 18.7 Å². The zero-order valence-corrected chi connectivity index (χ0v) is 14.5. The number of rotatable bonds is 5. The van der Waals surface area contributed by atoms with E-state index in [0.29, 0.717) is 5.88 Å². The monoisotopic (exact) mass is 328 g/mol. The molecule has 23 heavy (non-hydrogen) atoms. The normalized spacial score (nSPS) is 14.3. The molecule has 0 aliphatic rings. The molecule has 1 aromatic heterocycles. The molecule has 1 aromatic carbocycles. The molecular weight excluding hydrogens is 308 g/mol. The molecule has 4 nitrogen and oxygen atoms in total. The van der Waals surface area contributed by atoms with E-state index in [0.717, 1.165) is 10.9 Å². The molecule has 2 unspecified atom stereocenters. The Morgan fingerprint density at radius 2 is 2.09 bits per heavy atom. The van der Waals surface area contributed by atoms with Gasteiger partial charge in [0.2, 0.25) is 11.8 Å². The fourth-order valence-corrected chi connectivity index (χ4v) is 3.18. The quantitative estimate of drug-likeness (QED) is 0.676. The third kappa shape index (κ3) is 4.17. The van der Waals surface area contributed by atoms with Crippen molar-refractivity contribution in [3.05, 3.63) is 36.4 Å². The van der Waals surface area contributed by atoms with Crippen LogP contribution in [0.25, 0.3) is 10.9 Å². The van der Waals surface area contributed by atoms with Gasteiger partial charge in [-0.25, -0.2) is 4.98 Å². The molecule has 1 N–H and O–H groups in total. The summed E-state index contributed by atoms with van der Waals surface area (Å²) in [7, 11) is 0. The Labute approximate surface area is 141 Å². The van der Waals surface area contributed by atoms with Gasteiger partial charge in [0, 0.05) is 18.4 Å². The van der Waals surface area contributed by atoms with Gasteiger partial charge in [0.1, 0.15) is 5.54 Å². The molecule has 0 aliphatic carbocycles. The number of carbonyl (C=O) groups excluding carboxylic acids is 1. The first-order valence-electron chi connectivity index (χ1n) is 7.26.